The predicted molar refractivity (Wildman–Crippen MR) is 61.8 cm³/mol. The Kier molecular flexibility index (Phi) is 2.44. The number of rotatable bonds is 2. The Morgan fingerprint density at radius 3 is 2.59 bits per heavy atom. The normalized spacial score (nSPS) is 29.9. The molecular formula is C13H11ClO3. The molecule has 0 spiro atoms. The Morgan fingerprint density at radius 2 is 2.00 bits per heavy atom. The van der Waals surface area contributed by atoms with Gasteiger partial charge in [0.25, 0.3) is 0 Å². The lowest BCUT2D eigenvalue weighted by molar-refractivity contribution is -0.138. The first-order valence-electron chi connectivity index (χ1n) is 5.67. The van der Waals surface area contributed by atoms with Crippen LogP contribution in [0.3, 0.4) is 0 Å². The molecule has 4 heteroatoms. The number of fused-ring (bicyclic) bond motifs is 1. The molecule has 1 aromatic rings. The second-order valence-electron chi connectivity index (χ2n) is 4.60. The molecule has 0 saturated heterocycles. The number of carbonyl (C=O) groups is 2. The van der Waals surface area contributed by atoms with Crippen LogP contribution >= 0.6 is 11.6 Å². The van der Waals surface area contributed by atoms with Gasteiger partial charge in [-0.1, -0.05) is 11.6 Å². The highest BCUT2D eigenvalue weighted by atomic mass is 35.5. The van der Waals surface area contributed by atoms with E-state index in [-0.39, 0.29) is 29.5 Å². The maximum atomic E-state index is 11.8. The van der Waals surface area contributed by atoms with E-state index in [2.05, 4.69) is 0 Å². The molecule has 0 heterocycles. The zero-order chi connectivity index (χ0) is 12.0. The molecule has 0 aromatic heterocycles. The van der Waals surface area contributed by atoms with Gasteiger partial charge in [0.2, 0.25) is 0 Å². The summed E-state index contributed by atoms with van der Waals surface area (Å²) in [5, 5.41) is 0.600. The highest BCUT2D eigenvalue weighted by Crippen LogP contribution is 2.55. The number of halogens is 1. The zero-order valence-electron chi connectivity index (χ0n) is 9.06. The summed E-state index contributed by atoms with van der Waals surface area (Å²) in [6.07, 6.45) is 1.46. The lowest BCUT2D eigenvalue weighted by atomic mass is 10.1. The minimum Gasteiger partial charge on any atom is -0.426 e. The fourth-order valence-corrected chi connectivity index (χ4v) is 2.78. The van der Waals surface area contributed by atoms with Crippen molar-refractivity contribution < 1.29 is 14.3 Å². The van der Waals surface area contributed by atoms with Gasteiger partial charge < -0.3 is 4.74 Å². The summed E-state index contributed by atoms with van der Waals surface area (Å²) < 4.78 is 5.23. The van der Waals surface area contributed by atoms with Crippen LogP contribution in [0.2, 0.25) is 5.02 Å². The predicted octanol–water partition coefficient (Wildman–Crippen LogP) is 2.47. The average molecular weight is 251 g/mol. The molecule has 0 amide bonds. The van der Waals surface area contributed by atoms with E-state index in [1.165, 1.54) is 0 Å². The Balaban J connectivity index is 1.65. The molecule has 3 nitrogen and oxygen atoms in total. The van der Waals surface area contributed by atoms with Crippen LogP contribution in [0.5, 0.6) is 5.75 Å². The van der Waals surface area contributed by atoms with Crippen LogP contribution in [-0.4, -0.2) is 11.8 Å². The van der Waals surface area contributed by atoms with Crippen molar-refractivity contribution in [3.63, 3.8) is 0 Å². The summed E-state index contributed by atoms with van der Waals surface area (Å²) in [6.45, 7) is 0. The molecule has 0 radical (unpaired) electrons. The van der Waals surface area contributed by atoms with Gasteiger partial charge in [0.05, 0.1) is 5.92 Å². The Labute approximate surface area is 104 Å². The highest BCUT2D eigenvalue weighted by molar-refractivity contribution is 6.30. The third-order valence-corrected chi connectivity index (χ3v) is 3.82. The quantitative estimate of drug-likeness (QED) is 0.598. The Bertz CT molecular complexity index is 480. The van der Waals surface area contributed by atoms with Gasteiger partial charge in [0.1, 0.15) is 11.5 Å². The smallest absolute Gasteiger partial charge is 0.315 e. The molecule has 3 rings (SSSR count). The van der Waals surface area contributed by atoms with E-state index in [9.17, 15) is 9.59 Å². The summed E-state index contributed by atoms with van der Waals surface area (Å²) in [7, 11) is 0. The van der Waals surface area contributed by atoms with Crippen LogP contribution in [0, 0.1) is 17.8 Å². The lowest BCUT2D eigenvalue weighted by Crippen LogP contribution is -2.15. The fourth-order valence-electron chi connectivity index (χ4n) is 2.66. The van der Waals surface area contributed by atoms with Crippen molar-refractivity contribution in [1.29, 1.82) is 0 Å². The average Bonchev–Trinajstić information content (AvgIpc) is 2.93. The van der Waals surface area contributed by atoms with Crippen molar-refractivity contribution in [2.24, 2.45) is 17.8 Å². The van der Waals surface area contributed by atoms with Gasteiger partial charge in [-0.3, -0.25) is 9.59 Å². The van der Waals surface area contributed by atoms with Crippen molar-refractivity contribution in [2.75, 3.05) is 0 Å². The molecular weight excluding hydrogens is 240 g/mol. The van der Waals surface area contributed by atoms with E-state index in [4.69, 9.17) is 16.3 Å². The molecule has 17 heavy (non-hydrogen) atoms. The summed E-state index contributed by atoms with van der Waals surface area (Å²) in [5.41, 5.74) is 0. The summed E-state index contributed by atoms with van der Waals surface area (Å²) >= 11 is 5.73. The molecule has 0 aliphatic heterocycles. The van der Waals surface area contributed by atoms with Crippen molar-refractivity contribution in [3.8, 4) is 5.75 Å². The summed E-state index contributed by atoms with van der Waals surface area (Å²) in [5.74, 6) is 0.393. The maximum absolute atomic E-state index is 11.8. The first-order chi connectivity index (χ1) is 8.16. The lowest BCUT2D eigenvalue weighted by Gasteiger charge is -2.05. The van der Waals surface area contributed by atoms with Gasteiger partial charge in [-0.25, -0.2) is 0 Å². The van der Waals surface area contributed by atoms with Gasteiger partial charge in [0, 0.05) is 17.4 Å². The highest BCUT2D eigenvalue weighted by Gasteiger charge is 2.62. The number of benzene rings is 1. The number of hydrogen-bond acceptors (Lipinski definition) is 3. The second kappa shape index (κ2) is 3.84. The molecule has 2 saturated carbocycles. The van der Waals surface area contributed by atoms with Crippen LogP contribution in [0.1, 0.15) is 12.8 Å². The molecule has 88 valence electrons. The second-order valence-corrected chi connectivity index (χ2v) is 5.03. The third kappa shape index (κ3) is 1.84. The van der Waals surface area contributed by atoms with Gasteiger partial charge in [0.15, 0.2) is 0 Å². The molecule has 1 aromatic carbocycles. The number of hydrogen-bond donors (Lipinski definition) is 0. The number of esters is 1. The van der Waals surface area contributed by atoms with Crippen LogP contribution < -0.4 is 4.74 Å². The van der Waals surface area contributed by atoms with E-state index in [1.807, 2.05) is 0 Å². The molecule has 3 atom stereocenters. The van der Waals surface area contributed by atoms with Crippen molar-refractivity contribution in [3.05, 3.63) is 29.3 Å². The number of Topliss-reactive ketones (excluding diaryl/α,β-unsaturated/α-hetero) is 1. The summed E-state index contributed by atoms with van der Waals surface area (Å²) in [6, 6.07) is 6.65. The van der Waals surface area contributed by atoms with Gasteiger partial charge >= 0.3 is 5.97 Å². The van der Waals surface area contributed by atoms with Gasteiger partial charge in [-0.15, -0.1) is 0 Å². The third-order valence-electron chi connectivity index (χ3n) is 3.57. The Hall–Kier alpha value is -1.35. The molecule has 2 fully saturated rings. The Morgan fingerprint density at radius 1 is 1.29 bits per heavy atom. The molecule has 2 aliphatic carbocycles. The van der Waals surface area contributed by atoms with Crippen LogP contribution in [-0.2, 0) is 9.59 Å². The molecule has 0 bridgehead atoms. The minimum absolute atomic E-state index is 0.0604. The van der Waals surface area contributed by atoms with Gasteiger partial charge in [-0.2, -0.15) is 0 Å². The SMILES string of the molecule is O=C1CC[C@@H]2[C@H]1[C@H]2C(=O)Oc1ccc(Cl)cc1. The largest absolute Gasteiger partial charge is 0.426 e. The minimum atomic E-state index is -0.282. The van der Waals surface area contributed by atoms with Crippen LogP contribution in [0.4, 0.5) is 0 Å². The van der Waals surface area contributed by atoms with Crippen LogP contribution in [0.15, 0.2) is 24.3 Å². The molecule has 0 N–H and O–H groups in total. The first-order valence-corrected chi connectivity index (χ1v) is 6.04. The van der Waals surface area contributed by atoms with Crippen molar-refractivity contribution in [2.45, 2.75) is 12.8 Å². The zero-order valence-corrected chi connectivity index (χ0v) is 9.81. The van der Waals surface area contributed by atoms with E-state index >= 15 is 0 Å². The van der Waals surface area contributed by atoms with Crippen LogP contribution in [0.25, 0.3) is 0 Å². The first kappa shape index (κ1) is 10.8. The van der Waals surface area contributed by atoms with E-state index < -0.39 is 0 Å². The van der Waals surface area contributed by atoms with Gasteiger partial charge in [-0.05, 0) is 36.6 Å². The van der Waals surface area contributed by atoms with Crippen molar-refractivity contribution >= 4 is 23.4 Å². The topological polar surface area (TPSA) is 43.4 Å². The van der Waals surface area contributed by atoms with Crippen molar-refractivity contribution in [1.82, 2.24) is 0 Å². The number of ether oxygens (including phenoxy) is 1. The number of ketones is 1. The van der Waals surface area contributed by atoms with E-state index in [0.29, 0.717) is 17.2 Å². The standard InChI is InChI=1S/C13H11ClO3/c14-7-1-3-8(4-2-7)17-13(16)12-9-5-6-10(15)11(9)12/h1-4,9,11-12H,5-6H2/t9-,11-,12+/m1/s1. The van der Waals surface area contributed by atoms with E-state index in [1.54, 1.807) is 24.3 Å². The van der Waals surface area contributed by atoms with E-state index in [0.717, 1.165) is 6.42 Å². The maximum Gasteiger partial charge on any atom is 0.315 e. The summed E-state index contributed by atoms with van der Waals surface area (Å²) in [4.78, 5) is 23.2. The number of carbonyl (C=O) groups excluding carboxylic acids is 2. The fraction of sp³-hybridized carbons (Fsp3) is 0.385. The molecule has 2 aliphatic rings. The monoisotopic (exact) mass is 250 g/mol. The molecule has 0 unspecified atom stereocenters.